The van der Waals surface area contributed by atoms with E-state index >= 15 is 0 Å². The van der Waals surface area contributed by atoms with Crippen LogP contribution in [0.1, 0.15) is 30.2 Å². The van der Waals surface area contributed by atoms with Crippen LogP contribution in [-0.2, 0) is 27.1 Å². The van der Waals surface area contributed by atoms with Crippen LogP contribution in [0.2, 0.25) is 0 Å². The summed E-state index contributed by atoms with van der Waals surface area (Å²) < 4.78 is 5.34. The fourth-order valence-electron chi connectivity index (χ4n) is 3.70. The molecular formula is C26H32N10OS. The molecular weight excluding hydrogens is 500 g/mol. The van der Waals surface area contributed by atoms with Gasteiger partial charge in [0.25, 0.3) is 0 Å². The quantitative estimate of drug-likeness (QED) is 0.300. The van der Waals surface area contributed by atoms with E-state index in [9.17, 15) is 0 Å². The Morgan fingerprint density at radius 3 is 2.55 bits per heavy atom. The standard InChI is InChI=1S/C20H20N8OS.C4H6N2.C2H6/c1-27-12-16(10-23-27)15-8-14-6-13(2-3-17(14)22-9-15)7-18-24-25-20-28(18)26-19(30-20)11-21-4-5-29;1-6-4-2-3-5-6;1-2/h2-3,6,8-10,12,21,29H,4-5,7,11H2,1H3;2-4H,1H3;1-2H3. The monoisotopic (exact) mass is 532 g/mol. The number of fused-ring (bicyclic) bond motifs is 2. The first-order valence-corrected chi connectivity index (χ1v) is 13.2. The first-order valence-electron chi connectivity index (χ1n) is 12.4. The summed E-state index contributed by atoms with van der Waals surface area (Å²) in [5.41, 5.74) is 4.15. The Bertz CT molecular complexity index is 1570. The summed E-state index contributed by atoms with van der Waals surface area (Å²) in [6.45, 7) is 5.25. The molecule has 5 aromatic heterocycles. The van der Waals surface area contributed by atoms with Crippen molar-refractivity contribution in [3.63, 3.8) is 0 Å². The van der Waals surface area contributed by atoms with Gasteiger partial charge in [-0.2, -0.15) is 19.8 Å². The second-order valence-corrected chi connectivity index (χ2v) is 9.26. The van der Waals surface area contributed by atoms with Crippen LogP contribution in [0.3, 0.4) is 0 Å². The van der Waals surface area contributed by atoms with E-state index in [1.807, 2.05) is 64.9 Å². The number of aromatic nitrogens is 9. The van der Waals surface area contributed by atoms with Crippen molar-refractivity contribution in [3.8, 4) is 11.1 Å². The zero-order valence-electron chi connectivity index (χ0n) is 22.0. The Morgan fingerprint density at radius 1 is 1.00 bits per heavy atom. The van der Waals surface area contributed by atoms with Crippen LogP contribution in [0.4, 0.5) is 0 Å². The van der Waals surface area contributed by atoms with Crippen molar-refractivity contribution in [2.45, 2.75) is 26.8 Å². The minimum Gasteiger partial charge on any atom is -0.395 e. The highest BCUT2D eigenvalue weighted by Crippen LogP contribution is 2.24. The molecule has 198 valence electrons. The molecule has 11 nitrogen and oxygen atoms in total. The molecule has 0 fully saturated rings. The van der Waals surface area contributed by atoms with E-state index in [0.717, 1.165) is 43.4 Å². The molecule has 5 heterocycles. The smallest absolute Gasteiger partial charge is 0.234 e. The van der Waals surface area contributed by atoms with E-state index in [0.29, 0.717) is 19.5 Å². The minimum atomic E-state index is 0.106. The van der Waals surface area contributed by atoms with Crippen molar-refractivity contribution in [1.29, 1.82) is 0 Å². The lowest BCUT2D eigenvalue weighted by molar-refractivity contribution is 0.292. The Kier molecular flexibility index (Phi) is 9.25. The van der Waals surface area contributed by atoms with Gasteiger partial charge in [-0.15, -0.1) is 10.2 Å². The second-order valence-electron chi connectivity index (χ2n) is 8.22. The van der Waals surface area contributed by atoms with Gasteiger partial charge < -0.3 is 10.4 Å². The number of nitrogens with zero attached hydrogens (tertiary/aromatic N) is 9. The number of nitrogens with one attached hydrogen (secondary N) is 1. The number of pyridine rings is 1. The molecule has 0 spiro atoms. The topological polar surface area (TPSA) is 124 Å². The molecule has 38 heavy (non-hydrogen) atoms. The van der Waals surface area contributed by atoms with E-state index < -0.39 is 0 Å². The molecule has 0 atom stereocenters. The minimum absolute atomic E-state index is 0.106. The highest BCUT2D eigenvalue weighted by Gasteiger charge is 2.13. The Labute approximate surface area is 224 Å². The maximum atomic E-state index is 8.89. The fraction of sp³-hybridized carbons (Fsp3) is 0.308. The number of hydrogen-bond acceptors (Lipinski definition) is 9. The van der Waals surface area contributed by atoms with Crippen LogP contribution >= 0.6 is 11.3 Å². The molecule has 0 saturated carbocycles. The van der Waals surface area contributed by atoms with Gasteiger partial charge in [0.1, 0.15) is 5.01 Å². The van der Waals surface area contributed by atoms with Crippen LogP contribution in [0, 0.1) is 0 Å². The first-order chi connectivity index (χ1) is 18.6. The van der Waals surface area contributed by atoms with Gasteiger partial charge in [-0.05, 0) is 29.8 Å². The van der Waals surface area contributed by atoms with Crippen molar-refractivity contribution in [1.82, 2.24) is 49.7 Å². The Balaban J connectivity index is 0.000000366. The molecule has 6 rings (SSSR count). The summed E-state index contributed by atoms with van der Waals surface area (Å²) in [5.74, 6) is 0.797. The van der Waals surface area contributed by atoms with E-state index in [2.05, 4.69) is 54.0 Å². The van der Waals surface area contributed by atoms with E-state index in [4.69, 9.17) is 5.11 Å². The first kappa shape index (κ1) is 27.0. The van der Waals surface area contributed by atoms with Gasteiger partial charge in [0.15, 0.2) is 5.82 Å². The predicted octanol–water partition coefficient (Wildman–Crippen LogP) is 3.25. The summed E-state index contributed by atoms with van der Waals surface area (Å²) >= 11 is 1.50. The van der Waals surface area contributed by atoms with Gasteiger partial charge in [0.2, 0.25) is 4.96 Å². The molecule has 0 radical (unpaired) electrons. The van der Waals surface area contributed by atoms with Crippen molar-refractivity contribution in [2.75, 3.05) is 13.2 Å². The number of benzene rings is 1. The normalized spacial score (nSPS) is 10.8. The van der Waals surface area contributed by atoms with Gasteiger partial charge in [-0.25, -0.2) is 0 Å². The van der Waals surface area contributed by atoms with Crippen LogP contribution in [-0.4, -0.2) is 62.6 Å². The van der Waals surface area contributed by atoms with Crippen LogP contribution in [0.5, 0.6) is 0 Å². The molecule has 0 unspecified atom stereocenters. The number of rotatable bonds is 7. The van der Waals surface area contributed by atoms with E-state index in [-0.39, 0.29) is 6.61 Å². The van der Waals surface area contributed by atoms with E-state index in [1.54, 1.807) is 20.1 Å². The number of aliphatic hydroxyl groups excluding tert-OH is 1. The SMILES string of the molecule is CC.Cn1cc(-c2cnc3ccc(Cc4nnc5sc(CNCCO)nn45)cc3c2)cn1.Cn1cccn1. The Hall–Kier alpha value is -4.00. The number of aryl methyl sites for hydroxylation is 2. The highest BCUT2D eigenvalue weighted by atomic mass is 32.1. The van der Waals surface area contributed by atoms with Gasteiger partial charge in [-0.1, -0.05) is 31.3 Å². The highest BCUT2D eigenvalue weighted by molar-refractivity contribution is 7.16. The van der Waals surface area contributed by atoms with Crippen LogP contribution in [0.15, 0.2) is 61.3 Å². The van der Waals surface area contributed by atoms with Crippen LogP contribution < -0.4 is 5.32 Å². The molecule has 0 aliphatic rings. The summed E-state index contributed by atoms with van der Waals surface area (Å²) in [7, 11) is 3.79. The van der Waals surface area contributed by atoms with Gasteiger partial charge in [0, 0.05) is 74.9 Å². The molecule has 0 bridgehead atoms. The van der Waals surface area contributed by atoms with Gasteiger partial charge in [0.05, 0.1) is 18.3 Å². The van der Waals surface area contributed by atoms with Gasteiger partial charge >= 0.3 is 0 Å². The predicted molar refractivity (Wildman–Crippen MR) is 149 cm³/mol. The zero-order valence-corrected chi connectivity index (χ0v) is 22.8. The van der Waals surface area contributed by atoms with E-state index in [1.165, 1.54) is 11.3 Å². The summed E-state index contributed by atoms with van der Waals surface area (Å²) in [4.78, 5) is 5.36. The number of aliphatic hydroxyl groups is 1. The third-order valence-electron chi connectivity index (χ3n) is 5.44. The molecule has 0 amide bonds. The largest absolute Gasteiger partial charge is 0.395 e. The van der Waals surface area contributed by atoms with Crippen LogP contribution in [0.25, 0.3) is 27.0 Å². The lowest BCUT2D eigenvalue weighted by Gasteiger charge is -2.04. The average molecular weight is 533 g/mol. The van der Waals surface area contributed by atoms with Crippen molar-refractivity contribution in [3.05, 3.63) is 77.7 Å². The lowest BCUT2D eigenvalue weighted by atomic mass is 10.0. The second kappa shape index (κ2) is 13.0. The molecule has 6 aromatic rings. The zero-order chi connectivity index (χ0) is 26.9. The molecule has 1 aromatic carbocycles. The third-order valence-corrected chi connectivity index (χ3v) is 6.34. The molecule has 12 heteroatoms. The molecule has 2 N–H and O–H groups in total. The Morgan fingerprint density at radius 2 is 1.87 bits per heavy atom. The molecule has 0 aliphatic heterocycles. The fourth-order valence-corrected chi connectivity index (χ4v) is 4.52. The summed E-state index contributed by atoms with van der Waals surface area (Å²) in [5, 5.41) is 35.3. The number of hydrogen-bond donors (Lipinski definition) is 2. The average Bonchev–Trinajstić information content (AvgIpc) is 3.73. The molecule has 0 aliphatic carbocycles. The van der Waals surface area contributed by atoms with Gasteiger partial charge in [-0.3, -0.25) is 14.3 Å². The summed E-state index contributed by atoms with van der Waals surface area (Å²) in [6.07, 6.45) is 9.97. The van der Waals surface area contributed by atoms with Crippen molar-refractivity contribution in [2.24, 2.45) is 14.1 Å². The third kappa shape index (κ3) is 6.65. The maximum absolute atomic E-state index is 8.89. The summed E-state index contributed by atoms with van der Waals surface area (Å²) in [6, 6.07) is 10.3. The maximum Gasteiger partial charge on any atom is 0.234 e. The van der Waals surface area contributed by atoms with Crippen molar-refractivity contribution < 1.29 is 5.11 Å². The lowest BCUT2D eigenvalue weighted by Crippen LogP contribution is -2.17. The van der Waals surface area contributed by atoms with Crippen molar-refractivity contribution >= 4 is 27.2 Å². The molecule has 0 saturated heterocycles.